The maximum atomic E-state index is 9.91. The SMILES string of the molecule is C=C.CCOC(C)OCC.O=Cc1cc(Br)co1. The summed E-state index contributed by atoms with van der Waals surface area (Å²) in [6.07, 6.45) is 2.08. The Morgan fingerprint density at radius 3 is 2.11 bits per heavy atom. The van der Waals surface area contributed by atoms with Gasteiger partial charge in [0, 0.05) is 19.3 Å². The molecule has 0 saturated heterocycles. The zero-order valence-corrected chi connectivity index (χ0v) is 12.7. The molecule has 5 heteroatoms. The highest BCUT2D eigenvalue weighted by atomic mass is 79.9. The van der Waals surface area contributed by atoms with Gasteiger partial charge < -0.3 is 13.9 Å². The zero-order chi connectivity index (χ0) is 14.4. The molecular formula is C13H21BrO4. The van der Waals surface area contributed by atoms with Crippen LogP contribution in [0.25, 0.3) is 0 Å². The van der Waals surface area contributed by atoms with Crippen LogP contribution in [0.4, 0.5) is 0 Å². The quantitative estimate of drug-likeness (QED) is 0.466. The highest BCUT2D eigenvalue weighted by Gasteiger charge is 1.95. The molecule has 1 rings (SSSR count). The Kier molecular flexibility index (Phi) is 15.3. The lowest BCUT2D eigenvalue weighted by Gasteiger charge is -2.09. The van der Waals surface area contributed by atoms with Crippen molar-refractivity contribution in [1.29, 1.82) is 0 Å². The summed E-state index contributed by atoms with van der Waals surface area (Å²) < 4.78 is 15.6. The van der Waals surface area contributed by atoms with Crippen LogP contribution < -0.4 is 0 Å². The molecule has 0 amide bonds. The third-order valence-corrected chi connectivity index (χ3v) is 1.92. The van der Waals surface area contributed by atoms with E-state index in [1.807, 2.05) is 20.8 Å². The maximum Gasteiger partial charge on any atom is 0.185 e. The fraction of sp³-hybridized carbons (Fsp3) is 0.462. The first kappa shape index (κ1) is 19.4. The Labute approximate surface area is 117 Å². The summed E-state index contributed by atoms with van der Waals surface area (Å²) >= 11 is 3.12. The number of hydrogen-bond donors (Lipinski definition) is 0. The minimum Gasteiger partial charge on any atom is -0.460 e. The summed E-state index contributed by atoms with van der Waals surface area (Å²) in [5.74, 6) is 0.344. The van der Waals surface area contributed by atoms with Gasteiger partial charge >= 0.3 is 0 Å². The Bertz CT molecular complexity index is 293. The van der Waals surface area contributed by atoms with Gasteiger partial charge in [-0.05, 0) is 36.7 Å². The Balaban J connectivity index is 0. The Morgan fingerprint density at radius 2 is 1.89 bits per heavy atom. The minimum atomic E-state index is -0.0370. The van der Waals surface area contributed by atoms with Crippen LogP contribution >= 0.6 is 15.9 Å². The van der Waals surface area contributed by atoms with E-state index in [4.69, 9.17) is 13.9 Å². The van der Waals surface area contributed by atoms with Crippen LogP contribution in [-0.4, -0.2) is 25.8 Å². The molecule has 18 heavy (non-hydrogen) atoms. The molecule has 1 heterocycles. The van der Waals surface area contributed by atoms with Crippen molar-refractivity contribution in [3.05, 3.63) is 35.7 Å². The molecular weight excluding hydrogens is 300 g/mol. The van der Waals surface area contributed by atoms with Crippen molar-refractivity contribution >= 4 is 22.2 Å². The number of carbonyl (C=O) groups excluding carboxylic acids is 1. The molecule has 0 N–H and O–H groups in total. The van der Waals surface area contributed by atoms with Crippen LogP contribution in [0.5, 0.6) is 0 Å². The Morgan fingerprint density at radius 1 is 1.39 bits per heavy atom. The van der Waals surface area contributed by atoms with Crippen molar-refractivity contribution in [3.8, 4) is 0 Å². The van der Waals surface area contributed by atoms with Crippen molar-refractivity contribution in [2.24, 2.45) is 0 Å². The van der Waals surface area contributed by atoms with Gasteiger partial charge in [0.2, 0.25) is 0 Å². The lowest BCUT2D eigenvalue weighted by atomic mass is 10.5. The predicted octanol–water partition coefficient (Wildman–Crippen LogP) is 4.06. The zero-order valence-electron chi connectivity index (χ0n) is 11.1. The lowest BCUT2D eigenvalue weighted by Crippen LogP contribution is -2.11. The first-order valence-electron chi connectivity index (χ1n) is 5.56. The molecule has 0 radical (unpaired) electrons. The summed E-state index contributed by atoms with van der Waals surface area (Å²) in [7, 11) is 0. The van der Waals surface area contributed by atoms with Crippen LogP contribution in [0.1, 0.15) is 31.3 Å². The number of hydrogen-bond acceptors (Lipinski definition) is 4. The fourth-order valence-electron chi connectivity index (χ4n) is 0.908. The summed E-state index contributed by atoms with van der Waals surface area (Å²) in [5.41, 5.74) is 0. The second kappa shape index (κ2) is 14.2. The molecule has 0 aromatic carbocycles. The molecule has 0 aliphatic carbocycles. The lowest BCUT2D eigenvalue weighted by molar-refractivity contribution is -0.123. The van der Waals surface area contributed by atoms with E-state index in [0.29, 0.717) is 12.0 Å². The van der Waals surface area contributed by atoms with Crippen LogP contribution in [0, 0.1) is 0 Å². The molecule has 0 bridgehead atoms. The highest BCUT2D eigenvalue weighted by Crippen LogP contribution is 2.11. The smallest absolute Gasteiger partial charge is 0.185 e. The molecule has 0 atom stereocenters. The number of ether oxygens (including phenoxy) is 2. The highest BCUT2D eigenvalue weighted by molar-refractivity contribution is 9.10. The molecule has 4 nitrogen and oxygen atoms in total. The van der Waals surface area contributed by atoms with Gasteiger partial charge in [0.15, 0.2) is 18.3 Å². The summed E-state index contributed by atoms with van der Waals surface area (Å²) in [6.45, 7) is 13.3. The van der Waals surface area contributed by atoms with Gasteiger partial charge in [0.25, 0.3) is 0 Å². The Hall–Kier alpha value is -0.910. The normalized spacial score (nSPS) is 8.94. The minimum absolute atomic E-state index is 0.0370. The number of rotatable bonds is 5. The topological polar surface area (TPSA) is 48.7 Å². The first-order chi connectivity index (χ1) is 8.63. The molecule has 0 aliphatic heterocycles. The monoisotopic (exact) mass is 320 g/mol. The van der Waals surface area contributed by atoms with Crippen LogP contribution in [0.3, 0.4) is 0 Å². The van der Waals surface area contributed by atoms with E-state index in [2.05, 4.69) is 29.1 Å². The van der Waals surface area contributed by atoms with E-state index in [0.717, 1.165) is 17.7 Å². The fourth-order valence-corrected chi connectivity index (χ4v) is 1.23. The number of carbonyl (C=O) groups is 1. The van der Waals surface area contributed by atoms with E-state index in [1.165, 1.54) is 6.26 Å². The molecule has 0 aliphatic rings. The van der Waals surface area contributed by atoms with Gasteiger partial charge in [-0.1, -0.05) is 0 Å². The second-order valence-electron chi connectivity index (χ2n) is 2.76. The van der Waals surface area contributed by atoms with E-state index in [1.54, 1.807) is 6.07 Å². The first-order valence-corrected chi connectivity index (χ1v) is 6.35. The molecule has 0 unspecified atom stereocenters. The number of aldehydes is 1. The van der Waals surface area contributed by atoms with E-state index < -0.39 is 0 Å². The largest absolute Gasteiger partial charge is 0.460 e. The molecule has 104 valence electrons. The van der Waals surface area contributed by atoms with Crippen molar-refractivity contribution < 1.29 is 18.7 Å². The molecule has 0 saturated carbocycles. The van der Waals surface area contributed by atoms with Crippen molar-refractivity contribution in [1.82, 2.24) is 0 Å². The van der Waals surface area contributed by atoms with Crippen LogP contribution in [0.15, 0.2) is 34.4 Å². The predicted molar refractivity (Wildman–Crippen MR) is 75.8 cm³/mol. The van der Waals surface area contributed by atoms with Crippen LogP contribution in [0.2, 0.25) is 0 Å². The van der Waals surface area contributed by atoms with Crippen molar-refractivity contribution in [2.45, 2.75) is 27.1 Å². The summed E-state index contributed by atoms with van der Waals surface area (Å²) in [4.78, 5) is 9.91. The van der Waals surface area contributed by atoms with Crippen molar-refractivity contribution in [2.75, 3.05) is 13.2 Å². The van der Waals surface area contributed by atoms with E-state index in [9.17, 15) is 4.79 Å². The molecule has 0 fully saturated rings. The van der Waals surface area contributed by atoms with Crippen molar-refractivity contribution in [3.63, 3.8) is 0 Å². The molecule has 1 aromatic rings. The average Bonchev–Trinajstić information content (AvgIpc) is 2.79. The van der Waals surface area contributed by atoms with Gasteiger partial charge in [0.1, 0.15) is 6.26 Å². The van der Waals surface area contributed by atoms with E-state index in [-0.39, 0.29) is 6.29 Å². The van der Waals surface area contributed by atoms with Gasteiger partial charge in [-0.25, -0.2) is 0 Å². The summed E-state index contributed by atoms with van der Waals surface area (Å²) in [6, 6.07) is 1.60. The standard InChI is InChI=1S/C6H14O2.C5H3BrO2.C2H4/c1-4-7-6(3)8-5-2;6-4-1-5(2-7)8-3-4;1-2/h6H,4-5H2,1-3H3;1-3H;1-2H2. The van der Waals surface area contributed by atoms with Gasteiger partial charge in [-0.3, -0.25) is 4.79 Å². The van der Waals surface area contributed by atoms with Gasteiger partial charge in [0.05, 0.1) is 4.47 Å². The van der Waals surface area contributed by atoms with Crippen LogP contribution in [-0.2, 0) is 9.47 Å². The van der Waals surface area contributed by atoms with E-state index >= 15 is 0 Å². The average molecular weight is 321 g/mol. The van der Waals surface area contributed by atoms with Gasteiger partial charge in [-0.2, -0.15) is 0 Å². The second-order valence-corrected chi connectivity index (χ2v) is 3.68. The number of halogens is 1. The summed E-state index contributed by atoms with van der Waals surface area (Å²) in [5, 5.41) is 0. The third-order valence-electron chi connectivity index (χ3n) is 1.51. The molecule has 0 spiro atoms. The maximum absolute atomic E-state index is 9.91. The number of furan rings is 1. The molecule has 1 aromatic heterocycles. The van der Waals surface area contributed by atoms with Gasteiger partial charge in [-0.15, -0.1) is 13.2 Å². The third kappa shape index (κ3) is 11.6.